The first-order chi connectivity index (χ1) is 14.3. The molecule has 3 aromatic rings. The molecule has 0 amide bonds. The number of aryl methyl sites for hydroxylation is 3. The summed E-state index contributed by atoms with van der Waals surface area (Å²) in [7, 11) is -3.03. The van der Waals surface area contributed by atoms with Crippen LogP contribution < -0.4 is 5.56 Å². The summed E-state index contributed by atoms with van der Waals surface area (Å²) in [6.45, 7) is 1.83. The fourth-order valence-corrected chi connectivity index (χ4v) is 7.69. The molecule has 1 aliphatic carbocycles. The van der Waals surface area contributed by atoms with Crippen LogP contribution in [0, 0.1) is 6.92 Å². The number of nitrogens with zero attached hydrogens (tertiary/aromatic N) is 3. The lowest BCUT2D eigenvalue weighted by molar-refractivity contribution is 0.497. The highest BCUT2D eigenvalue weighted by Crippen LogP contribution is 2.34. The number of rotatable bonds is 3. The number of hydrogen-bond acceptors (Lipinski definition) is 6. The topological polar surface area (TPSA) is 97.7 Å². The van der Waals surface area contributed by atoms with Crippen LogP contribution in [0.1, 0.15) is 52.8 Å². The number of aromatic nitrogens is 4. The molecule has 0 aromatic carbocycles. The Bertz CT molecular complexity index is 1350. The van der Waals surface area contributed by atoms with Gasteiger partial charge in [-0.25, -0.2) is 18.1 Å². The zero-order valence-corrected chi connectivity index (χ0v) is 18.8. The molecule has 1 N–H and O–H groups in total. The lowest BCUT2D eigenvalue weighted by atomic mass is 9.97. The Morgan fingerprint density at radius 3 is 2.83 bits per heavy atom. The summed E-state index contributed by atoms with van der Waals surface area (Å²) in [6.07, 6.45) is 8.26. The van der Waals surface area contributed by atoms with E-state index in [4.69, 9.17) is 11.6 Å². The van der Waals surface area contributed by atoms with Crippen LogP contribution in [0.2, 0.25) is 5.15 Å². The monoisotopic (exact) mass is 464 g/mol. The van der Waals surface area contributed by atoms with Gasteiger partial charge in [-0.1, -0.05) is 11.6 Å². The molecule has 2 aliphatic rings. The normalized spacial score (nSPS) is 20.9. The van der Waals surface area contributed by atoms with Gasteiger partial charge in [-0.2, -0.15) is 5.10 Å². The molecule has 0 saturated carbocycles. The van der Waals surface area contributed by atoms with Gasteiger partial charge in [0, 0.05) is 10.4 Å². The maximum atomic E-state index is 12.7. The van der Waals surface area contributed by atoms with Gasteiger partial charge >= 0.3 is 0 Å². The molecule has 158 valence electrons. The van der Waals surface area contributed by atoms with Crippen molar-refractivity contribution in [2.45, 2.75) is 45.1 Å². The second-order valence-corrected chi connectivity index (χ2v) is 11.6. The van der Waals surface area contributed by atoms with Crippen molar-refractivity contribution < 1.29 is 8.42 Å². The highest BCUT2D eigenvalue weighted by molar-refractivity contribution is 7.91. The molecule has 5 rings (SSSR count). The Morgan fingerprint density at radius 1 is 1.27 bits per heavy atom. The number of sulfone groups is 1. The van der Waals surface area contributed by atoms with Crippen LogP contribution in [0.5, 0.6) is 0 Å². The standard InChI is InChI=1S/C20H21ClN4O3S2/c1-11-13(18(21)25(24-11)12-8-9-30(27,28)10-12)6-7-16-22-19(26)17-14-4-2-3-5-15(14)29-20(17)23-16/h6-7,12H,2-5,8-10H2,1H3,(H,22,23,26)/b7-6+. The molecular weight excluding hydrogens is 444 g/mol. The predicted octanol–water partition coefficient (Wildman–Crippen LogP) is 3.55. The van der Waals surface area contributed by atoms with Crippen LogP contribution in [0.15, 0.2) is 4.79 Å². The Kier molecular flexibility index (Phi) is 4.87. The van der Waals surface area contributed by atoms with Gasteiger partial charge in [-0.15, -0.1) is 11.3 Å². The van der Waals surface area contributed by atoms with E-state index in [1.165, 1.54) is 4.88 Å². The minimum absolute atomic E-state index is 0.0611. The van der Waals surface area contributed by atoms with Crippen LogP contribution in [0.3, 0.4) is 0 Å². The molecule has 30 heavy (non-hydrogen) atoms. The Balaban J connectivity index is 1.48. The first-order valence-electron chi connectivity index (χ1n) is 10.00. The number of nitrogens with one attached hydrogen (secondary N) is 1. The molecule has 10 heteroatoms. The highest BCUT2D eigenvalue weighted by atomic mass is 35.5. The number of thiophene rings is 1. The summed E-state index contributed by atoms with van der Waals surface area (Å²) in [6, 6.07) is -0.241. The van der Waals surface area contributed by atoms with Gasteiger partial charge in [-0.05, 0) is 56.7 Å². The zero-order valence-electron chi connectivity index (χ0n) is 16.4. The van der Waals surface area contributed by atoms with E-state index in [1.54, 1.807) is 28.2 Å². The van der Waals surface area contributed by atoms with Crippen LogP contribution in [0.25, 0.3) is 22.4 Å². The maximum absolute atomic E-state index is 12.7. The van der Waals surface area contributed by atoms with Crippen molar-refractivity contribution in [2.75, 3.05) is 11.5 Å². The quantitative estimate of drug-likeness (QED) is 0.639. The van der Waals surface area contributed by atoms with Gasteiger partial charge in [0.1, 0.15) is 15.8 Å². The second-order valence-electron chi connectivity index (χ2n) is 7.97. The molecule has 3 aromatic heterocycles. The van der Waals surface area contributed by atoms with Crippen LogP contribution in [-0.2, 0) is 22.7 Å². The molecule has 1 saturated heterocycles. The van der Waals surface area contributed by atoms with Gasteiger partial charge in [0.2, 0.25) is 0 Å². The molecule has 0 bridgehead atoms. The van der Waals surface area contributed by atoms with E-state index in [2.05, 4.69) is 15.1 Å². The van der Waals surface area contributed by atoms with Crippen molar-refractivity contribution in [3.8, 4) is 0 Å². The van der Waals surface area contributed by atoms with Crippen LogP contribution in [-0.4, -0.2) is 39.7 Å². The van der Waals surface area contributed by atoms with Gasteiger partial charge < -0.3 is 4.98 Å². The number of H-pyrrole nitrogens is 1. The van der Waals surface area contributed by atoms with Crippen molar-refractivity contribution in [2.24, 2.45) is 0 Å². The number of aromatic amines is 1. The minimum atomic E-state index is -3.03. The molecule has 1 atom stereocenters. The predicted molar refractivity (Wildman–Crippen MR) is 120 cm³/mol. The van der Waals surface area contributed by atoms with Crippen LogP contribution in [0.4, 0.5) is 0 Å². The average Bonchev–Trinajstić information content (AvgIpc) is 3.33. The SMILES string of the molecule is Cc1nn(C2CCS(=O)(=O)C2)c(Cl)c1/C=C/c1nc2sc3c(c2c(=O)[nH]1)CCCC3. The molecule has 0 radical (unpaired) electrons. The number of hydrogen-bond donors (Lipinski definition) is 1. The van der Waals surface area contributed by atoms with Gasteiger partial charge in [0.05, 0.1) is 28.6 Å². The van der Waals surface area contributed by atoms with Crippen molar-refractivity contribution in [3.63, 3.8) is 0 Å². The molecule has 1 aliphatic heterocycles. The largest absolute Gasteiger partial charge is 0.306 e. The van der Waals surface area contributed by atoms with E-state index >= 15 is 0 Å². The van der Waals surface area contributed by atoms with Gasteiger partial charge in [0.15, 0.2) is 9.84 Å². The number of halogens is 1. The zero-order chi connectivity index (χ0) is 21.0. The summed E-state index contributed by atoms with van der Waals surface area (Å²) in [4.78, 5) is 22.3. The molecule has 1 unspecified atom stereocenters. The highest BCUT2D eigenvalue weighted by Gasteiger charge is 2.31. The lowest BCUT2D eigenvalue weighted by Crippen LogP contribution is -2.12. The van der Waals surface area contributed by atoms with Gasteiger partial charge in [0.25, 0.3) is 5.56 Å². The van der Waals surface area contributed by atoms with Crippen molar-refractivity contribution in [1.82, 2.24) is 19.7 Å². The average molecular weight is 465 g/mol. The summed E-state index contributed by atoms with van der Waals surface area (Å²) in [5.41, 5.74) is 2.47. The van der Waals surface area contributed by atoms with Crippen molar-refractivity contribution in [1.29, 1.82) is 0 Å². The fourth-order valence-electron chi connectivity index (χ4n) is 4.35. The van der Waals surface area contributed by atoms with E-state index in [9.17, 15) is 13.2 Å². The third-order valence-corrected chi connectivity index (χ3v) is 9.19. The Labute approximate surface area is 182 Å². The first-order valence-corrected chi connectivity index (χ1v) is 13.0. The summed E-state index contributed by atoms with van der Waals surface area (Å²) >= 11 is 8.14. The smallest absolute Gasteiger partial charge is 0.260 e. The molecule has 7 nitrogen and oxygen atoms in total. The lowest BCUT2D eigenvalue weighted by Gasteiger charge is -2.09. The van der Waals surface area contributed by atoms with Gasteiger partial charge in [-0.3, -0.25) is 4.79 Å². The van der Waals surface area contributed by atoms with E-state index in [1.807, 2.05) is 6.92 Å². The first kappa shape index (κ1) is 20.0. The van der Waals surface area contributed by atoms with E-state index in [0.717, 1.165) is 41.5 Å². The molecular formula is C20H21ClN4O3S2. The minimum Gasteiger partial charge on any atom is -0.306 e. The summed E-state index contributed by atoms with van der Waals surface area (Å²) in [5, 5.41) is 5.60. The van der Waals surface area contributed by atoms with Crippen LogP contribution >= 0.6 is 22.9 Å². The fraction of sp³-hybridized carbons (Fsp3) is 0.450. The molecule has 1 fully saturated rings. The van der Waals surface area contributed by atoms with E-state index in [-0.39, 0.29) is 23.1 Å². The third kappa shape index (κ3) is 3.42. The van der Waals surface area contributed by atoms with Crippen molar-refractivity contribution in [3.05, 3.63) is 43.0 Å². The maximum Gasteiger partial charge on any atom is 0.260 e. The van der Waals surface area contributed by atoms with E-state index < -0.39 is 9.84 Å². The Morgan fingerprint density at radius 2 is 2.07 bits per heavy atom. The van der Waals surface area contributed by atoms with Crippen molar-refractivity contribution >= 4 is 55.1 Å². The molecule has 0 spiro atoms. The molecule has 4 heterocycles. The summed E-state index contributed by atoms with van der Waals surface area (Å²) in [5.74, 6) is 0.692. The summed E-state index contributed by atoms with van der Waals surface area (Å²) < 4.78 is 25.2. The second kappa shape index (κ2) is 7.32. The Hall–Kier alpha value is -1.97. The third-order valence-electron chi connectivity index (χ3n) is 5.88. The number of fused-ring (bicyclic) bond motifs is 3. The van der Waals surface area contributed by atoms with E-state index in [0.29, 0.717) is 28.7 Å².